The quantitative estimate of drug-likeness (QED) is 0.793. The van der Waals surface area contributed by atoms with Crippen molar-refractivity contribution in [3.05, 3.63) is 35.4 Å². The highest BCUT2D eigenvalue weighted by Crippen LogP contribution is 2.09. The van der Waals surface area contributed by atoms with E-state index < -0.39 is 10.0 Å². The average Bonchev–Trinajstić information content (AvgIpc) is 2.38. The molecule has 0 aromatic heterocycles. The topological polar surface area (TPSA) is 66.5 Å². The van der Waals surface area contributed by atoms with Crippen LogP contribution >= 0.6 is 0 Å². The van der Waals surface area contributed by atoms with Crippen LogP contribution < -0.4 is 5.32 Å². The summed E-state index contributed by atoms with van der Waals surface area (Å²) in [4.78, 5) is 11.6. The Bertz CT molecular complexity index is 580. The summed E-state index contributed by atoms with van der Waals surface area (Å²) in [5.41, 5.74) is 2.07. The Hall–Kier alpha value is -1.40. The highest BCUT2D eigenvalue weighted by molar-refractivity contribution is 7.88. The number of carbonyl (C=O) groups excluding carboxylic acids is 1. The maximum atomic E-state index is 11.9. The lowest BCUT2D eigenvalue weighted by molar-refractivity contribution is -0.121. The predicted octanol–water partition coefficient (Wildman–Crippen LogP) is 1.92. The number of hydrogen-bond donors (Lipinski definition) is 1. The molecule has 0 saturated heterocycles. The summed E-state index contributed by atoms with van der Waals surface area (Å²) in [5.74, 6) is 0.248. The molecule has 1 aromatic carbocycles. The molecule has 0 spiro atoms. The van der Waals surface area contributed by atoms with Gasteiger partial charge in [-0.2, -0.15) is 4.31 Å². The van der Waals surface area contributed by atoms with Crippen molar-refractivity contribution < 1.29 is 13.2 Å². The molecule has 1 N–H and O–H groups in total. The van der Waals surface area contributed by atoms with E-state index in [-0.39, 0.29) is 12.5 Å². The van der Waals surface area contributed by atoms with Crippen molar-refractivity contribution in [2.45, 2.75) is 33.7 Å². The number of benzene rings is 1. The molecule has 5 nitrogen and oxygen atoms in total. The molecule has 0 bridgehead atoms. The Morgan fingerprint density at radius 1 is 1.23 bits per heavy atom. The van der Waals surface area contributed by atoms with Crippen LogP contribution in [-0.4, -0.2) is 38.0 Å². The molecular weight excluding hydrogens is 300 g/mol. The minimum Gasteiger partial charge on any atom is -0.355 e. The van der Waals surface area contributed by atoms with E-state index in [2.05, 4.69) is 5.32 Å². The first kappa shape index (κ1) is 18.6. The van der Waals surface area contributed by atoms with Gasteiger partial charge in [0.2, 0.25) is 15.9 Å². The van der Waals surface area contributed by atoms with Crippen LogP contribution in [0.5, 0.6) is 0 Å². The van der Waals surface area contributed by atoms with E-state index in [0.717, 1.165) is 11.1 Å². The molecule has 0 fully saturated rings. The molecule has 1 amide bonds. The first-order valence-electron chi connectivity index (χ1n) is 7.46. The van der Waals surface area contributed by atoms with Gasteiger partial charge in [0.15, 0.2) is 0 Å². The predicted molar refractivity (Wildman–Crippen MR) is 88.9 cm³/mol. The average molecular weight is 326 g/mol. The van der Waals surface area contributed by atoms with E-state index in [1.54, 1.807) is 0 Å². The standard InChI is InChI=1S/C16H26N2O3S/c1-13(2)11-16(19)17-9-10-18(22(4,20)21)12-15-7-5-14(3)6-8-15/h5-8,13H,9-12H2,1-4H3,(H,17,19). The first-order valence-corrected chi connectivity index (χ1v) is 9.30. The van der Waals surface area contributed by atoms with Crippen LogP contribution in [0.2, 0.25) is 0 Å². The maximum Gasteiger partial charge on any atom is 0.220 e. The normalized spacial score (nSPS) is 11.9. The van der Waals surface area contributed by atoms with Crippen molar-refractivity contribution >= 4 is 15.9 Å². The fourth-order valence-electron chi connectivity index (χ4n) is 2.02. The Morgan fingerprint density at radius 2 is 1.82 bits per heavy atom. The van der Waals surface area contributed by atoms with Gasteiger partial charge < -0.3 is 5.32 Å². The second-order valence-electron chi connectivity index (χ2n) is 6.03. The van der Waals surface area contributed by atoms with Gasteiger partial charge in [0, 0.05) is 26.1 Å². The zero-order valence-corrected chi connectivity index (χ0v) is 14.6. The second kappa shape index (κ2) is 8.29. The lowest BCUT2D eigenvalue weighted by atomic mass is 10.1. The van der Waals surface area contributed by atoms with E-state index in [1.807, 2.05) is 45.0 Å². The number of aryl methyl sites for hydroxylation is 1. The summed E-state index contributed by atoms with van der Waals surface area (Å²) in [6.07, 6.45) is 1.65. The van der Waals surface area contributed by atoms with Gasteiger partial charge in [0.1, 0.15) is 0 Å². The van der Waals surface area contributed by atoms with Gasteiger partial charge in [-0.15, -0.1) is 0 Å². The van der Waals surface area contributed by atoms with E-state index in [9.17, 15) is 13.2 Å². The fraction of sp³-hybridized carbons (Fsp3) is 0.562. The van der Waals surface area contributed by atoms with Crippen LogP contribution in [-0.2, 0) is 21.4 Å². The van der Waals surface area contributed by atoms with Crippen LogP contribution in [0.1, 0.15) is 31.4 Å². The molecule has 124 valence electrons. The molecule has 1 rings (SSSR count). The van der Waals surface area contributed by atoms with E-state index in [0.29, 0.717) is 25.4 Å². The monoisotopic (exact) mass is 326 g/mol. The Morgan fingerprint density at radius 3 is 2.32 bits per heavy atom. The molecule has 0 radical (unpaired) electrons. The number of sulfonamides is 1. The summed E-state index contributed by atoms with van der Waals surface area (Å²) in [7, 11) is -3.31. The van der Waals surface area contributed by atoms with Crippen LogP contribution in [0.3, 0.4) is 0 Å². The van der Waals surface area contributed by atoms with Gasteiger partial charge >= 0.3 is 0 Å². The maximum absolute atomic E-state index is 11.9. The third-order valence-electron chi connectivity index (χ3n) is 3.23. The Labute approximate surface area is 133 Å². The lowest BCUT2D eigenvalue weighted by Gasteiger charge is -2.20. The molecule has 0 atom stereocenters. The SMILES string of the molecule is Cc1ccc(CN(CCNC(=O)CC(C)C)S(C)(=O)=O)cc1. The number of carbonyl (C=O) groups is 1. The highest BCUT2D eigenvalue weighted by atomic mass is 32.2. The number of nitrogens with zero attached hydrogens (tertiary/aromatic N) is 1. The minimum absolute atomic E-state index is 0.0428. The van der Waals surface area contributed by atoms with Gasteiger partial charge in [-0.25, -0.2) is 8.42 Å². The summed E-state index contributed by atoms with van der Waals surface area (Å²) in [6.45, 7) is 6.85. The van der Waals surface area contributed by atoms with Crippen LogP contribution in [0.25, 0.3) is 0 Å². The summed E-state index contributed by atoms with van der Waals surface area (Å²) >= 11 is 0. The Balaban J connectivity index is 2.59. The molecule has 6 heteroatoms. The lowest BCUT2D eigenvalue weighted by Crippen LogP contribution is -2.37. The molecule has 0 aliphatic carbocycles. The molecule has 0 aliphatic heterocycles. The van der Waals surface area contributed by atoms with E-state index in [4.69, 9.17) is 0 Å². The van der Waals surface area contributed by atoms with Crippen LogP contribution in [0, 0.1) is 12.8 Å². The van der Waals surface area contributed by atoms with Gasteiger partial charge in [-0.3, -0.25) is 4.79 Å². The third kappa shape index (κ3) is 7.04. The number of rotatable bonds is 8. The zero-order chi connectivity index (χ0) is 16.8. The van der Waals surface area contributed by atoms with Crippen molar-refractivity contribution in [1.29, 1.82) is 0 Å². The van der Waals surface area contributed by atoms with Gasteiger partial charge in [-0.05, 0) is 18.4 Å². The smallest absolute Gasteiger partial charge is 0.220 e. The van der Waals surface area contributed by atoms with E-state index in [1.165, 1.54) is 10.6 Å². The van der Waals surface area contributed by atoms with Gasteiger partial charge in [0.25, 0.3) is 0 Å². The first-order chi connectivity index (χ1) is 10.2. The molecule has 0 heterocycles. The van der Waals surface area contributed by atoms with Crippen molar-refractivity contribution in [1.82, 2.24) is 9.62 Å². The van der Waals surface area contributed by atoms with Crippen LogP contribution in [0.15, 0.2) is 24.3 Å². The summed E-state index contributed by atoms with van der Waals surface area (Å²) in [6, 6.07) is 7.76. The zero-order valence-electron chi connectivity index (χ0n) is 13.8. The molecular formula is C16H26N2O3S. The Kier molecular flexibility index (Phi) is 7.03. The minimum atomic E-state index is -3.31. The highest BCUT2D eigenvalue weighted by Gasteiger charge is 2.17. The fourth-order valence-corrected chi connectivity index (χ4v) is 2.83. The van der Waals surface area contributed by atoms with Crippen molar-refractivity contribution in [3.8, 4) is 0 Å². The number of amides is 1. The van der Waals surface area contributed by atoms with Gasteiger partial charge in [0.05, 0.1) is 6.26 Å². The largest absolute Gasteiger partial charge is 0.355 e. The van der Waals surface area contributed by atoms with Crippen molar-refractivity contribution in [2.24, 2.45) is 5.92 Å². The summed E-state index contributed by atoms with van der Waals surface area (Å²) in [5, 5.41) is 2.77. The van der Waals surface area contributed by atoms with Crippen LogP contribution in [0.4, 0.5) is 0 Å². The molecule has 0 unspecified atom stereocenters. The number of nitrogens with one attached hydrogen (secondary N) is 1. The molecule has 22 heavy (non-hydrogen) atoms. The number of hydrogen-bond acceptors (Lipinski definition) is 3. The van der Waals surface area contributed by atoms with Crippen molar-refractivity contribution in [3.63, 3.8) is 0 Å². The molecule has 1 aromatic rings. The van der Waals surface area contributed by atoms with E-state index >= 15 is 0 Å². The summed E-state index contributed by atoms with van der Waals surface area (Å²) < 4.78 is 25.1. The second-order valence-corrected chi connectivity index (χ2v) is 8.01. The molecule has 0 aliphatic rings. The van der Waals surface area contributed by atoms with Crippen molar-refractivity contribution in [2.75, 3.05) is 19.3 Å². The molecule has 0 saturated carbocycles. The van der Waals surface area contributed by atoms with Gasteiger partial charge in [-0.1, -0.05) is 43.7 Å². The third-order valence-corrected chi connectivity index (χ3v) is 4.48.